The normalized spacial score (nSPS) is 10.7. The third-order valence-corrected chi connectivity index (χ3v) is 3.61. The summed E-state index contributed by atoms with van der Waals surface area (Å²) in [5, 5.41) is 11.5. The highest BCUT2D eigenvalue weighted by atomic mass is 32.2. The van der Waals surface area contributed by atoms with E-state index in [9.17, 15) is 14.4 Å². The second-order valence-corrected chi connectivity index (χ2v) is 4.93. The van der Waals surface area contributed by atoms with Crippen molar-refractivity contribution in [2.24, 2.45) is 7.05 Å². The molecule has 2 rings (SSSR count). The first kappa shape index (κ1) is 14.1. The molecule has 0 aliphatic heterocycles. The number of rotatable bonds is 4. The van der Waals surface area contributed by atoms with Gasteiger partial charge in [-0.15, -0.1) is 0 Å². The van der Waals surface area contributed by atoms with E-state index in [-0.39, 0.29) is 5.76 Å². The van der Waals surface area contributed by atoms with Gasteiger partial charge in [0.1, 0.15) is 5.76 Å². The standard InChI is InChI=1S/C11H11N3O5S/c1-5-6(3-7(19-5)10(17)18)4-20-11-12-8(15)9(16)13-14(11)2/h3H,4H2,1-2H3,(H,13,16)(H,17,18). The molecule has 0 atom stereocenters. The smallest absolute Gasteiger partial charge is 0.371 e. The van der Waals surface area contributed by atoms with Crippen LogP contribution in [0.4, 0.5) is 0 Å². The van der Waals surface area contributed by atoms with Gasteiger partial charge in [0.05, 0.1) is 0 Å². The molecule has 20 heavy (non-hydrogen) atoms. The van der Waals surface area contributed by atoms with Gasteiger partial charge in [0.2, 0.25) is 5.76 Å². The van der Waals surface area contributed by atoms with Crippen LogP contribution < -0.4 is 11.1 Å². The summed E-state index contributed by atoms with van der Waals surface area (Å²) in [6.07, 6.45) is 0. The van der Waals surface area contributed by atoms with Gasteiger partial charge in [-0.05, 0) is 13.0 Å². The Morgan fingerprint density at radius 1 is 1.55 bits per heavy atom. The Morgan fingerprint density at radius 2 is 2.25 bits per heavy atom. The molecule has 2 aromatic rings. The number of carboxylic acids is 1. The molecule has 2 N–H and O–H groups in total. The molecule has 9 heteroatoms. The number of thioether (sulfide) groups is 1. The highest BCUT2D eigenvalue weighted by Crippen LogP contribution is 2.23. The molecule has 0 saturated heterocycles. The molecular weight excluding hydrogens is 286 g/mol. The number of aryl methyl sites for hydroxylation is 2. The maximum Gasteiger partial charge on any atom is 0.371 e. The molecule has 0 aliphatic carbocycles. The predicted octanol–water partition coefficient (Wildman–Crippen LogP) is 0.361. The van der Waals surface area contributed by atoms with Crippen molar-refractivity contribution >= 4 is 17.7 Å². The number of aromatic amines is 1. The Hall–Kier alpha value is -2.29. The van der Waals surface area contributed by atoms with E-state index < -0.39 is 17.1 Å². The first-order chi connectivity index (χ1) is 9.38. The second kappa shape index (κ2) is 5.37. The van der Waals surface area contributed by atoms with Gasteiger partial charge in [0.25, 0.3) is 0 Å². The molecule has 2 aromatic heterocycles. The minimum atomic E-state index is -1.14. The van der Waals surface area contributed by atoms with Gasteiger partial charge in [-0.25, -0.2) is 4.79 Å². The lowest BCUT2D eigenvalue weighted by atomic mass is 10.3. The van der Waals surface area contributed by atoms with Crippen LogP contribution in [0.15, 0.2) is 25.2 Å². The fourth-order valence-corrected chi connectivity index (χ4v) is 2.46. The Labute approximate surface area is 116 Å². The zero-order chi connectivity index (χ0) is 14.9. The number of furan rings is 1. The Balaban J connectivity index is 2.21. The number of hydrogen-bond donors (Lipinski definition) is 2. The van der Waals surface area contributed by atoms with E-state index in [4.69, 9.17) is 9.52 Å². The van der Waals surface area contributed by atoms with E-state index >= 15 is 0 Å². The first-order valence-electron chi connectivity index (χ1n) is 5.51. The van der Waals surface area contributed by atoms with Gasteiger partial charge in [0.15, 0.2) is 5.16 Å². The molecule has 2 heterocycles. The van der Waals surface area contributed by atoms with Gasteiger partial charge in [-0.1, -0.05) is 11.8 Å². The molecule has 0 spiro atoms. The number of nitrogens with one attached hydrogen (secondary N) is 1. The third-order valence-electron chi connectivity index (χ3n) is 2.54. The van der Waals surface area contributed by atoms with Gasteiger partial charge in [-0.3, -0.25) is 19.4 Å². The SMILES string of the molecule is Cc1oc(C(=O)O)cc1CSc1nc(=O)c(=O)[nH]n1C. The summed E-state index contributed by atoms with van der Waals surface area (Å²) in [6, 6.07) is 1.43. The molecule has 0 amide bonds. The largest absolute Gasteiger partial charge is 0.475 e. The Bertz CT molecular complexity index is 773. The van der Waals surface area contributed by atoms with Crippen LogP contribution in [-0.2, 0) is 12.8 Å². The summed E-state index contributed by atoms with van der Waals surface area (Å²) in [4.78, 5) is 36.7. The minimum Gasteiger partial charge on any atom is -0.475 e. The van der Waals surface area contributed by atoms with Crippen molar-refractivity contribution in [1.82, 2.24) is 14.8 Å². The average Bonchev–Trinajstić information content (AvgIpc) is 2.74. The predicted molar refractivity (Wildman–Crippen MR) is 70.1 cm³/mol. The topological polar surface area (TPSA) is 118 Å². The number of aromatic carboxylic acids is 1. The number of hydrogen-bond acceptors (Lipinski definition) is 6. The van der Waals surface area contributed by atoms with Crippen molar-refractivity contribution in [1.29, 1.82) is 0 Å². The third kappa shape index (κ3) is 2.82. The molecule has 0 aliphatic rings. The number of aromatic nitrogens is 3. The van der Waals surface area contributed by atoms with Crippen LogP contribution in [0.25, 0.3) is 0 Å². The van der Waals surface area contributed by atoms with Crippen molar-refractivity contribution < 1.29 is 14.3 Å². The van der Waals surface area contributed by atoms with Gasteiger partial charge >= 0.3 is 17.1 Å². The first-order valence-corrected chi connectivity index (χ1v) is 6.50. The van der Waals surface area contributed by atoms with Crippen LogP contribution >= 0.6 is 11.8 Å². The van der Waals surface area contributed by atoms with Crippen LogP contribution in [0.3, 0.4) is 0 Å². The lowest BCUT2D eigenvalue weighted by Gasteiger charge is -2.04. The molecule has 0 radical (unpaired) electrons. The van der Waals surface area contributed by atoms with E-state index in [0.717, 1.165) is 0 Å². The fraction of sp³-hybridized carbons (Fsp3) is 0.273. The molecule has 0 unspecified atom stereocenters. The highest BCUT2D eigenvalue weighted by molar-refractivity contribution is 7.98. The molecule has 0 fully saturated rings. The molecule has 8 nitrogen and oxygen atoms in total. The van der Waals surface area contributed by atoms with Crippen LogP contribution in [-0.4, -0.2) is 25.8 Å². The van der Waals surface area contributed by atoms with Crippen molar-refractivity contribution in [2.45, 2.75) is 17.8 Å². The summed E-state index contributed by atoms with van der Waals surface area (Å²) in [7, 11) is 1.56. The Morgan fingerprint density at radius 3 is 2.85 bits per heavy atom. The van der Waals surface area contributed by atoms with Gasteiger partial charge in [-0.2, -0.15) is 4.98 Å². The van der Waals surface area contributed by atoms with Crippen molar-refractivity contribution in [2.75, 3.05) is 0 Å². The fourth-order valence-electron chi connectivity index (χ4n) is 1.50. The second-order valence-electron chi connectivity index (χ2n) is 3.99. The summed E-state index contributed by atoms with van der Waals surface area (Å²) >= 11 is 1.19. The Kier molecular flexibility index (Phi) is 3.79. The van der Waals surface area contributed by atoms with E-state index in [1.165, 1.54) is 22.5 Å². The zero-order valence-corrected chi connectivity index (χ0v) is 11.5. The van der Waals surface area contributed by atoms with E-state index in [1.807, 2.05) is 0 Å². The monoisotopic (exact) mass is 297 g/mol. The van der Waals surface area contributed by atoms with Crippen LogP contribution in [0.1, 0.15) is 21.9 Å². The number of carbonyl (C=O) groups is 1. The van der Waals surface area contributed by atoms with Crippen molar-refractivity contribution in [3.8, 4) is 0 Å². The summed E-state index contributed by atoms with van der Waals surface area (Å²) in [5.41, 5.74) is -0.960. The van der Waals surface area contributed by atoms with Gasteiger partial charge < -0.3 is 9.52 Å². The summed E-state index contributed by atoms with van der Waals surface area (Å²) in [5.74, 6) is -0.417. The molecule has 0 saturated carbocycles. The summed E-state index contributed by atoms with van der Waals surface area (Å²) < 4.78 is 6.41. The zero-order valence-electron chi connectivity index (χ0n) is 10.7. The average molecular weight is 297 g/mol. The summed E-state index contributed by atoms with van der Waals surface area (Å²) in [6.45, 7) is 1.65. The minimum absolute atomic E-state index is 0.138. The molecule has 106 valence electrons. The maximum atomic E-state index is 11.2. The van der Waals surface area contributed by atoms with Crippen LogP contribution in [0.2, 0.25) is 0 Å². The molecule has 0 aromatic carbocycles. The number of carboxylic acid groups (broad SMARTS) is 1. The van der Waals surface area contributed by atoms with Crippen molar-refractivity contribution in [3.05, 3.63) is 43.9 Å². The van der Waals surface area contributed by atoms with Crippen LogP contribution in [0.5, 0.6) is 0 Å². The van der Waals surface area contributed by atoms with Crippen LogP contribution in [0, 0.1) is 6.92 Å². The number of nitrogens with zero attached hydrogens (tertiary/aromatic N) is 2. The van der Waals surface area contributed by atoms with E-state index in [1.54, 1.807) is 14.0 Å². The van der Waals surface area contributed by atoms with Gasteiger partial charge in [0, 0.05) is 18.4 Å². The lowest BCUT2D eigenvalue weighted by molar-refractivity contribution is 0.0661. The lowest BCUT2D eigenvalue weighted by Crippen LogP contribution is -2.33. The highest BCUT2D eigenvalue weighted by Gasteiger charge is 2.14. The molecular formula is C11H11N3O5S. The molecule has 0 bridgehead atoms. The van der Waals surface area contributed by atoms with E-state index in [2.05, 4.69) is 10.1 Å². The quantitative estimate of drug-likeness (QED) is 0.617. The van der Waals surface area contributed by atoms with Crippen molar-refractivity contribution in [3.63, 3.8) is 0 Å². The maximum absolute atomic E-state index is 11.2. The van der Waals surface area contributed by atoms with E-state index in [0.29, 0.717) is 22.2 Å². The number of H-pyrrole nitrogens is 1.